The van der Waals surface area contributed by atoms with Crippen molar-refractivity contribution in [1.82, 2.24) is 0 Å². The molecule has 0 atom stereocenters. The number of carboxylic acid groups (broad SMARTS) is 1. The third-order valence-corrected chi connectivity index (χ3v) is 4.41. The first kappa shape index (κ1) is 15.6. The number of methoxy groups -OCH3 is 1. The van der Waals surface area contributed by atoms with Gasteiger partial charge in [0.1, 0.15) is 5.75 Å². The molecule has 104 valence electrons. The van der Waals surface area contributed by atoms with E-state index in [9.17, 15) is 18.0 Å². The first-order valence-corrected chi connectivity index (χ1v) is 7.65. The van der Waals surface area contributed by atoms with Gasteiger partial charge in [-0.05, 0) is 17.7 Å². The summed E-state index contributed by atoms with van der Waals surface area (Å²) in [6.45, 7) is 0. The summed E-state index contributed by atoms with van der Waals surface area (Å²) < 4.78 is 28.1. The number of rotatable bonds is 5. The van der Waals surface area contributed by atoms with Crippen molar-refractivity contribution >= 4 is 37.7 Å². The van der Waals surface area contributed by atoms with Crippen LogP contribution in [-0.2, 0) is 25.1 Å². The van der Waals surface area contributed by atoms with Crippen LogP contribution in [0.4, 0.5) is 0 Å². The van der Waals surface area contributed by atoms with Crippen molar-refractivity contribution in [2.75, 3.05) is 12.9 Å². The van der Waals surface area contributed by atoms with Gasteiger partial charge in [-0.3, -0.25) is 4.79 Å². The van der Waals surface area contributed by atoms with Crippen LogP contribution in [0.15, 0.2) is 22.7 Å². The Kier molecular flexibility index (Phi) is 5.07. The Balaban J connectivity index is 2.94. The summed E-state index contributed by atoms with van der Waals surface area (Å²) in [6, 6.07) is 4.00. The second-order valence-corrected chi connectivity index (χ2v) is 6.64. The molecule has 0 fully saturated rings. The fraction of sp³-hybridized carbons (Fsp3) is 0.273. The molecule has 1 N–H and O–H groups in total. The van der Waals surface area contributed by atoms with Crippen molar-refractivity contribution in [2.24, 2.45) is 0 Å². The Hall–Kier alpha value is -1.41. The van der Waals surface area contributed by atoms with E-state index in [4.69, 9.17) is 5.11 Å². The van der Waals surface area contributed by atoms with Crippen LogP contribution in [0.2, 0.25) is 0 Å². The molecule has 6 nitrogen and oxygen atoms in total. The van der Waals surface area contributed by atoms with Crippen molar-refractivity contribution < 1.29 is 27.9 Å². The van der Waals surface area contributed by atoms with Gasteiger partial charge in [-0.25, -0.2) is 13.2 Å². The first-order chi connectivity index (χ1) is 8.75. The Morgan fingerprint density at radius 3 is 2.47 bits per heavy atom. The summed E-state index contributed by atoms with van der Waals surface area (Å²) in [5.74, 6) is -3.03. The van der Waals surface area contributed by atoms with Crippen LogP contribution in [0.5, 0.6) is 0 Å². The van der Waals surface area contributed by atoms with Crippen molar-refractivity contribution in [3.8, 4) is 0 Å². The maximum atomic E-state index is 11.7. The van der Waals surface area contributed by atoms with Crippen LogP contribution < -0.4 is 0 Å². The van der Waals surface area contributed by atoms with Gasteiger partial charge in [0.15, 0.2) is 9.84 Å². The minimum absolute atomic E-state index is 0.0426. The third-order valence-electron chi connectivity index (χ3n) is 2.24. The maximum Gasteiger partial charge on any atom is 0.335 e. The smallest absolute Gasteiger partial charge is 0.335 e. The van der Waals surface area contributed by atoms with Crippen LogP contribution in [0.25, 0.3) is 0 Å². The number of carboxylic acids is 1. The molecule has 1 aromatic carbocycles. The Labute approximate surface area is 118 Å². The van der Waals surface area contributed by atoms with E-state index in [1.54, 1.807) is 0 Å². The van der Waals surface area contributed by atoms with E-state index in [0.717, 1.165) is 7.11 Å². The first-order valence-electron chi connectivity index (χ1n) is 5.04. The Morgan fingerprint density at radius 2 is 2.00 bits per heavy atom. The van der Waals surface area contributed by atoms with Gasteiger partial charge in [0.05, 0.1) is 18.4 Å². The number of hydrogen-bond acceptors (Lipinski definition) is 5. The molecule has 0 unspecified atom stereocenters. The van der Waals surface area contributed by atoms with Gasteiger partial charge in [0, 0.05) is 4.47 Å². The van der Waals surface area contributed by atoms with Gasteiger partial charge in [-0.2, -0.15) is 0 Å². The second-order valence-electron chi connectivity index (χ2n) is 3.72. The van der Waals surface area contributed by atoms with Gasteiger partial charge in [-0.1, -0.05) is 22.0 Å². The predicted molar refractivity (Wildman–Crippen MR) is 70.6 cm³/mol. The molecule has 0 aliphatic rings. The van der Waals surface area contributed by atoms with E-state index in [1.807, 2.05) is 0 Å². The largest absolute Gasteiger partial charge is 0.478 e. The minimum Gasteiger partial charge on any atom is -0.478 e. The molecule has 0 amide bonds. The lowest BCUT2D eigenvalue weighted by atomic mass is 10.1. The average Bonchev–Trinajstić information content (AvgIpc) is 2.30. The number of carbonyl (C=O) groups excluding carboxylic acids is 1. The van der Waals surface area contributed by atoms with Crippen LogP contribution in [0.1, 0.15) is 15.9 Å². The summed E-state index contributed by atoms with van der Waals surface area (Å²) in [4.78, 5) is 21.7. The summed E-state index contributed by atoms with van der Waals surface area (Å²) >= 11 is 3.11. The van der Waals surface area contributed by atoms with E-state index >= 15 is 0 Å². The highest BCUT2D eigenvalue weighted by molar-refractivity contribution is 9.10. The second kappa shape index (κ2) is 6.16. The van der Waals surface area contributed by atoms with Gasteiger partial charge in [0.25, 0.3) is 0 Å². The number of sulfone groups is 1. The molecule has 0 aliphatic carbocycles. The Bertz CT molecular complexity index is 608. The lowest BCUT2D eigenvalue weighted by Crippen LogP contribution is -2.19. The summed E-state index contributed by atoms with van der Waals surface area (Å²) in [5, 5.41) is 8.78. The third kappa shape index (κ3) is 4.64. The van der Waals surface area contributed by atoms with Gasteiger partial charge < -0.3 is 9.84 Å². The van der Waals surface area contributed by atoms with Gasteiger partial charge in [0.2, 0.25) is 0 Å². The number of aromatic carboxylic acids is 1. The van der Waals surface area contributed by atoms with E-state index in [2.05, 4.69) is 20.7 Å². The van der Waals surface area contributed by atoms with E-state index in [0.29, 0.717) is 10.0 Å². The van der Waals surface area contributed by atoms with E-state index in [1.165, 1.54) is 18.2 Å². The van der Waals surface area contributed by atoms with Crippen LogP contribution in [-0.4, -0.2) is 38.3 Å². The quantitative estimate of drug-likeness (QED) is 0.802. The molecule has 1 aromatic rings. The predicted octanol–water partition coefficient (Wildman–Crippen LogP) is 1.24. The number of esters is 1. The van der Waals surface area contributed by atoms with Crippen LogP contribution in [0, 0.1) is 0 Å². The molecule has 0 radical (unpaired) electrons. The van der Waals surface area contributed by atoms with Crippen molar-refractivity contribution in [2.45, 2.75) is 5.75 Å². The van der Waals surface area contributed by atoms with Crippen molar-refractivity contribution in [3.05, 3.63) is 33.8 Å². The molecule has 0 aromatic heterocycles. The van der Waals surface area contributed by atoms with Crippen molar-refractivity contribution in [3.63, 3.8) is 0 Å². The molecule has 0 saturated heterocycles. The average molecular weight is 351 g/mol. The summed E-state index contributed by atoms with van der Waals surface area (Å²) in [6.07, 6.45) is 0. The highest BCUT2D eigenvalue weighted by atomic mass is 79.9. The number of benzene rings is 1. The summed E-state index contributed by atoms with van der Waals surface area (Å²) in [5.41, 5.74) is 0.426. The molecule has 8 heteroatoms. The van der Waals surface area contributed by atoms with Crippen molar-refractivity contribution in [1.29, 1.82) is 0 Å². The normalized spacial score (nSPS) is 11.1. The molecular formula is C11H11BrO6S. The molecular weight excluding hydrogens is 340 g/mol. The zero-order chi connectivity index (χ0) is 14.6. The zero-order valence-electron chi connectivity index (χ0n) is 9.92. The van der Waals surface area contributed by atoms with E-state index < -0.39 is 27.5 Å². The Morgan fingerprint density at radius 1 is 1.37 bits per heavy atom. The highest BCUT2D eigenvalue weighted by Gasteiger charge is 2.19. The lowest BCUT2D eigenvalue weighted by molar-refractivity contribution is -0.137. The number of hydrogen-bond donors (Lipinski definition) is 1. The van der Waals surface area contributed by atoms with Crippen LogP contribution in [0.3, 0.4) is 0 Å². The fourth-order valence-corrected chi connectivity index (χ4v) is 3.33. The maximum absolute atomic E-state index is 11.7. The molecule has 0 heterocycles. The number of ether oxygens (including phenoxy) is 1. The SMILES string of the molecule is COC(=O)CS(=O)(=O)Cc1ccc(C(=O)O)cc1Br. The molecule has 0 aliphatic heterocycles. The molecule has 0 bridgehead atoms. The zero-order valence-corrected chi connectivity index (χ0v) is 12.3. The van der Waals surface area contributed by atoms with E-state index in [-0.39, 0.29) is 11.3 Å². The van der Waals surface area contributed by atoms with Gasteiger partial charge in [-0.15, -0.1) is 0 Å². The number of carbonyl (C=O) groups is 2. The van der Waals surface area contributed by atoms with Gasteiger partial charge >= 0.3 is 11.9 Å². The monoisotopic (exact) mass is 350 g/mol. The number of halogens is 1. The molecule has 1 rings (SSSR count). The minimum atomic E-state index is -3.65. The summed E-state index contributed by atoms with van der Waals surface area (Å²) in [7, 11) is -2.55. The molecule has 19 heavy (non-hydrogen) atoms. The lowest BCUT2D eigenvalue weighted by Gasteiger charge is -2.06. The standard InChI is InChI=1S/C11H11BrO6S/c1-18-10(13)6-19(16,17)5-8-3-2-7(11(14)15)4-9(8)12/h2-4H,5-6H2,1H3,(H,14,15). The molecule has 0 saturated carbocycles. The highest BCUT2D eigenvalue weighted by Crippen LogP contribution is 2.21. The van der Waals surface area contributed by atoms with Crippen LogP contribution >= 0.6 is 15.9 Å². The topological polar surface area (TPSA) is 97.7 Å². The fourth-order valence-electron chi connectivity index (χ4n) is 1.32. The molecule has 0 spiro atoms.